The molecule has 0 heterocycles. The Morgan fingerprint density at radius 3 is 1.94 bits per heavy atom. The van der Waals surface area contributed by atoms with E-state index in [4.69, 9.17) is 0 Å². The van der Waals surface area contributed by atoms with E-state index in [1.54, 1.807) is 29.5 Å². The fraction of sp³-hybridized carbons (Fsp3) is 0.357. The molecule has 0 radical (unpaired) electrons. The van der Waals surface area contributed by atoms with Crippen LogP contribution in [-0.4, -0.2) is 11.8 Å². The number of allylic oxidation sites excluding steroid dienone is 8. The van der Waals surface area contributed by atoms with Crippen LogP contribution in [0.15, 0.2) is 78.0 Å². The monoisotopic (exact) mass is 758 g/mol. The molecule has 0 N–H and O–H groups in total. The van der Waals surface area contributed by atoms with Gasteiger partial charge < -0.3 is 24.8 Å². The second-order valence-corrected chi connectivity index (χ2v) is 26.6. The van der Waals surface area contributed by atoms with Crippen molar-refractivity contribution in [3.63, 3.8) is 0 Å². The van der Waals surface area contributed by atoms with Crippen molar-refractivity contribution in [2.75, 3.05) is 0 Å². The van der Waals surface area contributed by atoms with E-state index in [-0.39, 0.29) is 41.5 Å². The standard InChI is InChI=1S/C25H25.C10H17Si.C7H5F.2ClH.Zr/c1-14-12-24(3,4)22-8-16-7-17-9-23-19(15(2)13-25(23,5)6)11-21(17)20(16)10-18(14)22;1-8-6-9(2)10(7-8)11(3,4)5;1-6-2-4-7(8)5-3-6;;;/h8-12H,7H2,1-6H3;7-8H,1-5H3;1-5H;2*1H;/q;;;;;+2/p-2. The van der Waals surface area contributed by atoms with Gasteiger partial charge in [0.1, 0.15) is 0 Å². The van der Waals surface area contributed by atoms with Crippen LogP contribution in [0.3, 0.4) is 0 Å². The van der Waals surface area contributed by atoms with Gasteiger partial charge in [-0.05, 0) is 0 Å². The number of benzene rings is 3. The van der Waals surface area contributed by atoms with Crippen molar-refractivity contribution in [3.8, 4) is 11.1 Å². The summed E-state index contributed by atoms with van der Waals surface area (Å²) in [6.07, 6.45) is 6.05. The number of hydrogen-bond donors (Lipinski definition) is 0. The number of rotatable bonds is 4. The Morgan fingerprint density at radius 2 is 1.36 bits per heavy atom. The Hall–Kier alpha value is -1.90. The minimum Gasteiger partial charge on any atom is -1.00 e. The van der Waals surface area contributed by atoms with Crippen molar-refractivity contribution in [2.45, 2.75) is 92.3 Å². The van der Waals surface area contributed by atoms with Crippen LogP contribution in [0.1, 0.15) is 94.3 Å². The van der Waals surface area contributed by atoms with Crippen LogP contribution in [0.5, 0.6) is 0 Å². The third-order valence-corrected chi connectivity index (χ3v) is 22.1. The van der Waals surface area contributed by atoms with E-state index in [9.17, 15) is 4.39 Å². The fourth-order valence-electron chi connectivity index (χ4n) is 9.16. The zero-order chi connectivity index (χ0) is 32.4. The van der Waals surface area contributed by atoms with E-state index in [2.05, 4.69) is 115 Å². The van der Waals surface area contributed by atoms with E-state index in [0.29, 0.717) is 5.92 Å². The maximum Gasteiger partial charge on any atom is -1.00 e. The predicted octanol–water partition coefficient (Wildman–Crippen LogP) is 5.32. The van der Waals surface area contributed by atoms with Gasteiger partial charge in [0.2, 0.25) is 0 Å². The van der Waals surface area contributed by atoms with E-state index in [0.717, 1.165) is 6.42 Å². The predicted molar refractivity (Wildman–Crippen MR) is 192 cm³/mol. The summed E-state index contributed by atoms with van der Waals surface area (Å²) in [6.45, 7) is 26.6. The van der Waals surface area contributed by atoms with E-state index in [1.807, 2.05) is 12.1 Å². The van der Waals surface area contributed by atoms with Crippen LogP contribution in [0.4, 0.5) is 4.39 Å². The first-order valence-electron chi connectivity index (χ1n) is 16.7. The van der Waals surface area contributed by atoms with Crippen molar-refractivity contribution in [1.29, 1.82) is 0 Å². The Bertz CT molecular complexity index is 1990. The van der Waals surface area contributed by atoms with Crippen molar-refractivity contribution in [2.24, 2.45) is 5.92 Å². The average molecular weight is 761 g/mol. The molecular formula is C42H47Cl2FSiZr. The van der Waals surface area contributed by atoms with Gasteiger partial charge in [-0.3, -0.25) is 0 Å². The summed E-state index contributed by atoms with van der Waals surface area (Å²) >= 11 is -2.64. The molecule has 0 saturated heterocycles. The molecule has 1 atom stereocenters. The van der Waals surface area contributed by atoms with E-state index >= 15 is 0 Å². The average Bonchev–Trinajstić information content (AvgIpc) is 3.59. The van der Waals surface area contributed by atoms with Gasteiger partial charge in [-0.2, -0.15) is 0 Å². The first-order valence-corrected chi connectivity index (χ1v) is 24.0. The minimum absolute atomic E-state index is 0. The minimum atomic E-state index is -2.64. The second kappa shape index (κ2) is 12.2. The molecule has 0 spiro atoms. The molecule has 3 aromatic carbocycles. The molecule has 47 heavy (non-hydrogen) atoms. The van der Waals surface area contributed by atoms with Crippen molar-refractivity contribution in [3.05, 3.63) is 123 Å². The van der Waals surface area contributed by atoms with Crippen molar-refractivity contribution in [1.82, 2.24) is 0 Å². The van der Waals surface area contributed by atoms with Gasteiger partial charge in [0, 0.05) is 0 Å². The van der Waals surface area contributed by atoms with Gasteiger partial charge in [-0.25, -0.2) is 0 Å². The van der Waals surface area contributed by atoms with Crippen LogP contribution < -0.4 is 24.8 Å². The molecule has 0 fully saturated rings. The SMILES string of the molecule is CC1=CC(C)(C)c2cc3c(cc21)-c1cc2c(cc1C3)C(C)(C)[C]([Zr+2](=[CH]c1ccc(F)cc1)[C]1=C(C)C([Si](C)(C)C)=CC1C)=C2C.[Cl-].[Cl-]. The Labute approximate surface area is 303 Å². The molecule has 1 unspecified atom stereocenters. The van der Waals surface area contributed by atoms with Crippen LogP contribution in [-0.2, 0) is 38.5 Å². The first kappa shape index (κ1) is 36.4. The van der Waals surface area contributed by atoms with Gasteiger partial charge in [0.25, 0.3) is 0 Å². The summed E-state index contributed by atoms with van der Waals surface area (Å²) in [5.41, 5.74) is 17.3. The molecule has 244 valence electrons. The fourth-order valence-corrected chi connectivity index (χ4v) is 20.2. The van der Waals surface area contributed by atoms with E-state index < -0.39 is 29.3 Å². The molecule has 4 aliphatic rings. The Morgan fingerprint density at radius 1 is 0.787 bits per heavy atom. The zero-order valence-electron chi connectivity index (χ0n) is 29.8. The molecule has 0 aliphatic heterocycles. The Balaban J connectivity index is 0.00000217. The zero-order valence-corrected chi connectivity index (χ0v) is 34.7. The van der Waals surface area contributed by atoms with Gasteiger partial charge >= 0.3 is 281 Å². The summed E-state index contributed by atoms with van der Waals surface area (Å²) in [6, 6.07) is 17.4. The number of hydrogen-bond acceptors (Lipinski definition) is 0. The summed E-state index contributed by atoms with van der Waals surface area (Å²) in [4.78, 5) is 0. The van der Waals surface area contributed by atoms with Gasteiger partial charge in [-0.1, -0.05) is 0 Å². The smallest absolute Gasteiger partial charge is 1.00 e. The molecule has 0 amide bonds. The van der Waals surface area contributed by atoms with E-state index in [1.165, 1.54) is 61.2 Å². The Kier molecular flexibility index (Phi) is 9.41. The van der Waals surface area contributed by atoms with Gasteiger partial charge in [0.15, 0.2) is 0 Å². The maximum absolute atomic E-state index is 14.0. The second-order valence-electron chi connectivity index (χ2n) is 16.2. The molecule has 5 heteroatoms. The van der Waals surface area contributed by atoms with Crippen LogP contribution in [0.2, 0.25) is 19.6 Å². The van der Waals surface area contributed by atoms with Crippen LogP contribution in [0, 0.1) is 11.7 Å². The third-order valence-electron chi connectivity index (χ3n) is 11.2. The van der Waals surface area contributed by atoms with Crippen LogP contribution >= 0.6 is 0 Å². The number of halogens is 3. The summed E-state index contributed by atoms with van der Waals surface area (Å²) in [7, 11) is -1.49. The quantitative estimate of drug-likeness (QED) is 0.248. The molecular weight excluding hydrogens is 714 g/mol. The molecule has 3 aromatic rings. The molecule has 7 rings (SSSR count). The topological polar surface area (TPSA) is 0 Å². The summed E-state index contributed by atoms with van der Waals surface area (Å²) in [5.74, 6) is 0.292. The maximum atomic E-state index is 14.0. The number of fused-ring (bicyclic) bond motifs is 5. The summed E-state index contributed by atoms with van der Waals surface area (Å²) in [5, 5.41) is 1.64. The molecule has 0 nitrogen and oxygen atoms in total. The van der Waals surface area contributed by atoms with Crippen LogP contribution in [0.25, 0.3) is 22.3 Å². The third kappa shape index (κ3) is 5.70. The molecule has 0 bridgehead atoms. The summed E-state index contributed by atoms with van der Waals surface area (Å²) < 4.78 is 20.0. The normalized spacial score (nSPS) is 19.9. The van der Waals surface area contributed by atoms with Crippen molar-refractivity contribution >= 4 is 22.9 Å². The van der Waals surface area contributed by atoms with Gasteiger partial charge in [-0.15, -0.1) is 0 Å². The molecule has 4 aliphatic carbocycles. The largest absolute Gasteiger partial charge is 1.00 e. The first-order chi connectivity index (χ1) is 21.0. The molecule has 0 aromatic heterocycles. The van der Waals surface area contributed by atoms with Gasteiger partial charge in [0.05, 0.1) is 0 Å². The molecule has 0 saturated carbocycles. The van der Waals surface area contributed by atoms with Crippen molar-refractivity contribution < 1.29 is 50.5 Å².